The summed E-state index contributed by atoms with van der Waals surface area (Å²) in [6.45, 7) is 2.11. The number of nitrogens with one attached hydrogen (secondary N) is 1. The van der Waals surface area contributed by atoms with Crippen LogP contribution in [0.5, 0.6) is 0 Å². The Bertz CT molecular complexity index is 980. The van der Waals surface area contributed by atoms with E-state index in [0.717, 1.165) is 30.8 Å². The molecule has 1 aromatic carbocycles. The van der Waals surface area contributed by atoms with Crippen molar-refractivity contribution < 1.29 is 0 Å². The molecule has 0 radical (unpaired) electrons. The number of hydrogen-bond donors (Lipinski definition) is 1. The first kappa shape index (κ1) is 14.9. The standard InChI is InChI=1S/C19H20N4O/c1-2-14-9-5-6-10-16(14)23-18-15(12-20-23)19(24)22-17(21-18)11-13-7-3-4-8-13/h5-7,9-10,12H,2-4,8,11H2,1H3,(H,21,22,24). The Labute approximate surface area is 140 Å². The number of aromatic nitrogens is 4. The number of benzene rings is 1. The minimum atomic E-state index is -0.117. The van der Waals surface area contributed by atoms with Gasteiger partial charge in [0.2, 0.25) is 0 Å². The number of fused-ring (bicyclic) bond motifs is 1. The van der Waals surface area contributed by atoms with Gasteiger partial charge in [0.1, 0.15) is 11.2 Å². The molecule has 2 heterocycles. The summed E-state index contributed by atoms with van der Waals surface area (Å²) in [5.41, 5.74) is 4.04. The molecule has 0 unspecified atom stereocenters. The zero-order valence-corrected chi connectivity index (χ0v) is 13.7. The van der Waals surface area contributed by atoms with Crippen LogP contribution in [0.1, 0.15) is 37.6 Å². The number of hydrogen-bond acceptors (Lipinski definition) is 3. The predicted molar refractivity (Wildman–Crippen MR) is 94.5 cm³/mol. The summed E-state index contributed by atoms with van der Waals surface area (Å²) >= 11 is 0. The largest absolute Gasteiger partial charge is 0.310 e. The van der Waals surface area contributed by atoms with Gasteiger partial charge >= 0.3 is 0 Å². The van der Waals surface area contributed by atoms with Crippen LogP contribution in [-0.4, -0.2) is 19.7 Å². The van der Waals surface area contributed by atoms with Crippen LogP contribution >= 0.6 is 0 Å². The Morgan fingerprint density at radius 1 is 1.29 bits per heavy atom. The fraction of sp³-hybridized carbons (Fsp3) is 0.316. The van der Waals surface area contributed by atoms with Crippen LogP contribution in [0.3, 0.4) is 0 Å². The Kier molecular flexibility index (Phi) is 3.76. The number of H-pyrrole nitrogens is 1. The molecule has 122 valence electrons. The van der Waals surface area contributed by atoms with Crippen LogP contribution in [0.15, 0.2) is 46.9 Å². The lowest BCUT2D eigenvalue weighted by molar-refractivity contribution is 0.845. The van der Waals surface area contributed by atoms with Crippen molar-refractivity contribution >= 4 is 11.0 Å². The van der Waals surface area contributed by atoms with E-state index in [1.54, 1.807) is 10.9 Å². The van der Waals surface area contributed by atoms with E-state index in [-0.39, 0.29) is 5.56 Å². The van der Waals surface area contributed by atoms with Crippen LogP contribution in [0, 0.1) is 0 Å². The summed E-state index contributed by atoms with van der Waals surface area (Å²) in [6.07, 6.45) is 8.90. The Morgan fingerprint density at radius 3 is 2.96 bits per heavy atom. The van der Waals surface area contributed by atoms with E-state index in [9.17, 15) is 4.79 Å². The van der Waals surface area contributed by atoms with E-state index in [1.165, 1.54) is 17.6 Å². The Morgan fingerprint density at radius 2 is 2.17 bits per heavy atom. The third kappa shape index (κ3) is 2.56. The third-order valence-corrected chi connectivity index (χ3v) is 4.62. The SMILES string of the molecule is CCc1ccccc1-n1ncc2c(=O)[nH]c(CC3=CCCC3)nc21. The summed E-state index contributed by atoms with van der Waals surface area (Å²) in [4.78, 5) is 20.0. The molecule has 0 spiro atoms. The van der Waals surface area contributed by atoms with Gasteiger partial charge in [0, 0.05) is 6.42 Å². The van der Waals surface area contributed by atoms with Crippen LogP contribution < -0.4 is 5.56 Å². The molecule has 0 bridgehead atoms. The second-order valence-electron chi connectivity index (χ2n) is 6.22. The average molecular weight is 320 g/mol. The van der Waals surface area contributed by atoms with E-state index in [4.69, 9.17) is 4.98 Å². The van der Waals surface area contributed by atoms with Crippen molar-refractivity contribution in [3.8, 4) is 5.69 Å². The van der Waals surface area contributed by atoms with Gasteiger partial charge in [0.05, 0.1) is 11.9 Å². The van der Waals surface area contributed by atoms with Crippen molar-refractivity contribution in [3.63, 3.8) is 0 Å². The van der Waals surface area contributed by atoms with Gasteiger partial charge in [-0.25, -0.2) is 9.67 Å². The van der Waals surface area contributed by atoms with Gasteiger partial charge < -0.3 is 4.98 Å². The second kappa shape index (κ2) is 6.07. The summed E-state index contributed by atoms with van der Waals surface area (Å²) in [5.74, 6) is 0.719. The topological polar surface area (TPSA) is 63.6 Å². The lowest BCUT2D eigenvalue weighted by Gasteiger charge is -2.09. The minimum absolute atomic E-state index is 0.117. The third-order valence-electron chi connectivity index (χ3n) is 4.62. The maximum atomic E-state index is 12.4. The number of aryl methyl sites for hydroxylation is 1. The molecule has 5 heteroatoms. The predicted octanol–water partition coefficient (Wildman–Crippen LogP) is 3.32. The van der Waals surface area contributed by atoms with Crippen LogP contribution in [-0.2, 0) is 12.8 Å². The van der Waals surface area contributed by atoms with Crippen molar-refractivity contribution in [1.29, 1.82) is 0 Å². The summed E-state index contributed by atoms with van der Waals surface area (Å²) in [6, 6.07) is 8.11. The first-order valence-corrected chi connectivity index (χ1v) is 8.49. The lowest BCUT2D eigenvalue weighted by Crippen LogP contribution is -2.13. The number of allylic oxidation sites excluding steroid dienone is 2. The van der Waals surface area contributed by atoms with Gasteiger partial charge in [-0.2, -0.15) is 5.10 Å². The molecule has 0 fully saturated rings. The number of para-hydroxylation sites is 1. The molecular formula is C19H20N4O. The molecule has 0 saturated carbocycles. The van der Waals surface area contributed by atoms with Crippen LogP contribution in [0.4, 0.5) is 0 Å². The first-order valence-electron chi connectivity index (χ1n) is 8.49. The fourth-order valence-electron chi connectivity index (χ4n) is 3.35. The van der Waals surface area contributed by atoms with Crippen molar-refractivity contribution in [2.45, 2.75) is 39.0 Å². The highest BCUT2D eigenvalue weighted by molar-refractivity contribution is 5.75. The van der Waals surface area contributed by atoms with Gasteiger partial charge in [-0.1, -0.05) is 36.8 Å². The van der Waals surface area contributed by atoms with Gasteiger partial charge in [0.25, 0.3) is 5.56 Å². The summed E-state index contributed by atoms with van der Waals surface area (Å²) in [7, 11) is 0. The minimum Gasteiger partial charge on any atom is -0.310 e. The van der Waals surface area contributed by atoms with Crippen molar-refractivity contribution in [3.05, 3.63) is 63.9 Å². The van der Waals surface area contributed by atoms with E-state index >= 15 is 0 Å². The fourth-order valence-corrected chi connectivity index (χ4v) is 3.35. The molecular weight excluding hydrogens is 300 g/mol. The second-order valence-corrected chi connectivity index (χ2v) is 6.22. The highest BCUT2D eigenvalue weighted by atomic mass is 16.1. The molecule has 24 heavy (non-hydrogen) atoms. The molecule has 5 nitrogen and oxygen atoms in total. The van der Waals surface area contributed by atoms with Crippen LogP contribution in [0.25, 0.3) is 16.7 Å². The quantitative estimate of drug-likeness (QED) is 0.750. The molecule has 1 aliphatic rings. The van der Waals surface area contributed by atoms with Crippen molar-refractivity contribution in [1.82, 2.24) is 19.7 Å². The molecule has 4 rings (SSSR count). The summed E-state index contributed by atoms with van der Waals surface area (Å²) in [5, 5.41) is 4.96. The molecule has 0 atom stereocenters. The molecule has 3 aromatic rings. The Balaban J connectivity index is 1.85. The smallest absolute Gasteiger partial charge is 0.262 e. The van der Waals surface area contributed by atoms with E-state index in [2.05, 4.69) is 29.1 Å². The number of rotatable bonds is 4. The van der Waals surface area contributed by atoms with Crippen molar-refractivity contribution in [2.24, 2.45) is 0 Å². The molecule has 1 N–H and O–H groups in total. The maximum Gasteiger partial charge on any atom is 0.262 e. The van der Waals surface area contributed by atoms with E-state index in [1.807, 2.05) is 18.2 Å². The molecule has 0 aliphatic heterocycles. The van der Waals surface area contributed by atoms with E-state index < -0.39 is 0 Å². The van der Waals surface area contributed by atoms with Gasteiger partial charge in [-0.05, 0) is 37.3 Å². The highest BCUT2D eigenvalue weighted by Gasteiger charge is 2.14. The van der Waals surface area contributed by atoms with Crippen LogP contribution in [0.2, 0.25) is 0 Å². The molecule has 1 aliphatic carbocycles. The Hall–Kier alpha value is -2.69. The average Bonchev–Trinajstić information content (AvgIpc) is 3.24. The van der Waals surface area contributed by atoms with Gasteiger partial charge in [0.15, 0.2) is 5.65 Å². The summed E-state index contributed by atoms with van der Waals surface area (Å²) < 4.78 is 1.79. The molecule has 0 saturated heterocycles. The maximum absolute atomic E-state index is 12.4. The molecule has 2 aromatic heterocycles. The first-order chi connectivity index (χ1) is 11.8. The number of aromatic amines is 1. The zero-order valence-electron chi connectivity index (χ0n) is 13.7. The zero-order chi connectivity index (χ0) is 16.5. The lowest BCUT2D eigenvalue weighted by atomic mass is 10.1. The normalized spacial score (nSPS) is 14.3. The van der Waals surface area contributed by atoms with Gasteiger partial charge in [-0.3, -0.25) is 4.79 Å². The van der Waals surface area contributed by atoms with Crippen molar-refractivity contribution in [2.75, 3.05) is 0 Å². The number of nitrogens with zero attached hydrogens (tertiary/aromatic N) is 3. The monoisotopic (exact) mass is 320 g/mol. The highest BCUT2D eigenvalue weighted by Crippen LogP contribution is 2.22. The van der Waals surface area contributed by atoms with E-state index in [0.29, 0.717) is 17.5 Å². The molecule has 0 amide bonds. The van der Waals surface area contributed by atoms with Gasteiger partial charge in [-0.15, -0.1) is 0 Å².